The van der Waals surface area contributed by atoms with E-state index < -0.39 is 5.97 Å². The molecule has 0 heterocycles. The lowest BCUT2D eigenvalue weighted by Crippen LogP contribution is -2.26. The third kappa shape index (κ3) is 5.45. The molecule has 0 N–H and O–H groups in total. The Kier molecular flexibility index (Phi) is 4.63. The summed E-state index contributed by atoms with van der Waals surface area (Å²) >= 11 is 4.97. The Hall–Kier alpha value is -1.42. The van der Waals surface area contributed by atoms with Gasteiger partial charge in [0, 0.05) is 0 Å². The lowest BCUT2D eigenvalue weighted by molar-refractivity contribution is 0.0500. The SMILES string of the molecule is CC(C)(C)OC(=S)COC(=O)c1ccccc1. The molecule has 0 amide bonds. The van der Waals surface area contributed by atoms with Gasteiger partial charge in [0.2, 0.25) is 0 Å². The highest BCUT2D eigenvalue weighted by molar-refractivity contribution is 7.80. The largest absolute Gasteiger partial charge is 0.478 e. The summed E-state index contributed by atoms with van der Waals surface area (Å²) in [6, 6.07) is 8.78. The van der Waals surface area contributed by atoms with Crippen molar-refractivity contribution in [3.8, 4) is 0 Å². The Morgan fingerprint density at radius 1 is 1.24 bits per heavy atom. The van der Waals surface area contributed by atoms with Crippen LogP contribution in [0.4, 0.5) is 0 Å². The highest BCUT2D eigenvalue weighted by Gasteiger charge is 2.15. The van der Waals surface area contributed by atoms with Crippen LogP contribution in [0, 0.1) is 0 Å². The average Bonchev–Trinajstić information content (AvgIpc) is 2.25. The van der Waals surface area contributed by atoms with Crippen molar-refractivity contribution in [1.82, 2.24) is 0 Å². The van der Waals surface area contributed by atoms with Crippen LogP contribution in [0.2, 0.25) is 0 Å². The van der Waals surface area contributed by atoms with Crippen molar-refractivity contribution in [2.45, 2.75) is 26.4 Å². The molecule has 0 aromatic heterocycles. The van der Waals surface area contributed by atoms with Gasteiger partial charge in [0.15, 0.2) is 11.7 Å². The molecular formula is C13H16O3S. The summed E-state index contributed by atoms with van der Waals surface area (Å²) in [5.41, 5.74) is 0.141. The van der Waals surface area contributed by atoms with Crippen molar-refractivity contribution in [3.63, 3.8) is 0 Å². The standard InChI is InChI=1S/C13H16O3S/c1-13(2,3)16-11(17)9-15-12(14)10-7-5-4-6-8-10/h4-8H,9H2,1-3H3. The number of carbonyl (C=O) groups excluding carboxylic acids is 1. The van der Waals surface area contributed by atoms with Crippen molar-refractivity contribution >= 4 is 23.2 Å². The van der Waals surface area contributed by atoms with Gasteiger partial charge >= 0.3 is 5.97 Å². The van der Waals surface area contributed by atoms with E-state index in [2.05, 4.69) is 0 Å². The molecular weight excluding hydrogens is 236 g/mol. The Bertz CT molecular complexity index is 393. The lowest BCUT2D eigenvalue weighted by atomic mass is 10.2. The van der Waals surface area contributed by atoms with Gasteiger partial charge in [-0.05, 0) is 45.1 Å². The molecule has 1 aromatic rings. The third-order valence-electron chi connectivity index (χ3n) is 1.75. The summed E-state index contributed by atoms with van der Waals surface area (Å²) in [6.45, 7) is 5.66. The Morgan fingerprint density at radius 2 is 1.82 bits per heavy atom. The van der Waals surface area contributed by atoms with Crippen molar-refractivity contribution in [1.29, 1.82) is 0 Å². The number of ether oxygens (including phenoxy) is 2. The second kappa shape index (κ2) is 5.77. The van der Waals surface area contributed by atoms with Crippen LogP contribution in [0.5, 0.6) is 0 Å². The van der Waals surface area contributed by atoms with Gasteiger partial charge in [-0.25, -0.2) is 4.79 Å². The third-order valence-corrected chi connectivity index (χ3v) is 1.95. The van der Waals surface area contributed by atoms with E-state index in [9.17, 15) is 4.79 Å². The summed E-state index contributed by atoms with van der Waals surface area (Å²) in [5, 5.41) is 0.279. The Labute approximate surface area is 107 Å². The molecule has 0 spiro atoms. The number of thiocarbonyl (C=S) groups is 1. The van der Waals surface area contributed by atoms with Gasteiger partial charge in [0.25, 0.3) is 0 Å². The highest BCUT2D eigenvalue weighted by Crippen LogP contribution is 2.08. The molecule has 0 unspecified atom stereocenters. The molecule has 0 aliphatic rings. The van der Waals surface area contributed by atoms with Gasteiger partial charge in [-0.3, -0.25) is 0 Å². The molecule has 3 nitrogen and oxygen atoms in total. The van der Waals surface area contributed by atoms with Gasteiger partial charge < -0.3 is 9.47 Å². The fourth-order valence-corrected chi connectivity index (χ4v) is 1.46. The van der Waals surface area contributed by atoms with Crippen molar-refractivity contribution in [3.05, 3.63) is 35.9 Å². The fraction of sp³-hybridized carbons (Fsp3) is 0.385. The summed E-state index contributed by atoms with van der Waals surface area (Å²) in [5.74, 6) is -0.398. The average molecular weight is 252 g/mol. The van der Waals surface area contributed by atoms with Gasteiger partial charge in [0.1, 0.15) is 5.60 Å². The normalized spacial score (nSPS) is 10.8. The first-order chi connectivity index (χ1) is 7.88. The van der Waals surface area contributed by atoms with E-state index in [0.29, 0.717) is 5.56 Å². The van der Waals surface area contributed by atoms with Gasteiger partial charge in [-0.1, -0.05) is 18.2 Å². The molecule has 17 heavy (non-hydrogen) atoms. The minimum atomic E-state index is -0.398. The van der Waals surface area contributed by atoms with Crippen LogP contribution in [0.25, 0.3) is 0 Å². The second-order valence-corrected chi connectivity index (χ2v) is 4.98. The first-order valence-electron chi connectivity index (χ1n) is 5.32. The van der Waals surface area contributed by atoms with Crippen LogP contribution in [-0.4, -0.2) is 23.2 Å². The fourth-order valence-electron chi connectivity index (χ4n) is 1.15. The maximum Gasteiger partial charge on any atom is 0.338 e. The number of hydrogen-bond acceptors (Lipinski definition) is 4. The first-order valence-corrected chi connectivity index (χ1v) is 5.73. The van der Waals surface area contributed by atoms with Crippen LogP contribution in [-0.2, 0) is 9.47 Å². The molecule has 0 saturated carbocycles. The number of rotatable bonds is 3. The highest BCUT2D eigenvalue weighted by atomic mass is 32.1. The molecule has 0 bridgehead atoms. The molecule has 0 radical (unpaired) electrons. The van der Waals surface area contributed by atoms with E-state index >= 15 is 0 Å². The van der Waals surface area contributed by atoms with E-state index in [1.54, 1.807) is 24.3 Å². The van der Waals surface area contributed by atoms with E-state index in [0.717, 1.165) is 0 Å². The minimum Gasteiger partial charge on any atom is -0.478 e. The molecule has 0 atom stereocenters. The molecule has 0 aliphatic heterocycles. The molecule has 0 aliphatic carbocycles. The predicted molar refractivity (Wildman–Crippen MR) is 70.2 cm³/mol. The summed E-state index contributed by atoms with van der Waals surface area (Å²) < 4.78 is 10.4. The van der Waals surface area contributed by atoms with E-state index in [1.165, 1.54) is 0 Å². The van der Waals surface area contributed by atoms with Crippen LogP contribution < -0.4 is 0 Å². The van der Waals surface area contributed by atoms with Crippen LogP contribution in [0.1, 0.15) is 31.1 Å². The summed E-state index contributed by atoms with van der Waals surface area (Å²) in [7, 11) is 0. The van der Waals surface area contributed by atoms with Crippen molar-refractivity contribution in [2.24, 2.45) is 0 Å². The molecule has 0 fully saturated rings. The zero-order valence-electron chi connectivity index (χ0n) is 10.2. The summed E-state index contributed by atoms with van der Waals surface area (Å²) in [6.07, 6.45) is 0. The van der Waals surface area contributed by atoms with Crippen LogP contribution in [0.3, 0.4) is 0 Å². The number of hydrogen-bond donors (Lipinski definition) is 0. The smallest absolute Gasteiger partial charge is 0.338 e. The van der Waals surface area contributed by atoms with E-state index in [1.807, 2.05) is 26.8 Å². The molecule has 1 aromatic carbocycles. The van der Waals surface area contributed by atoms with Crippen LogP contribution >= 0.6 is 12.2 Å². The lowest BCUT2D eigenvalue weighted by Gasteiger charge is -2.21. The number of esters is 1. The first kappa shape index (κ1) is 13.6. The van der Waals surface area contributed by atoms with Crippen LogP contribution in [0.15, 0.2) is 30.3 Å². The maximum absolute atomic E-state index is 11.6. The van der Waals surface area contributed by atoms with Gasteiger partial charge in [-0.2, -0.15) is 0 Å². The van der Waals surface area contributed by atoms with Crippen molar-refractivity contribution in [2.75, 3.05) is 6.61 Å². The molecule has 4 heteroatoms. The monoisotopic (exact) mass is 252 g/mol. The predicted octanol–water partition coefficient (Wildman–Crippen LogP) is 2.99. The zero-order valence-corrected chi connectivity index (χ0v) is 11.0. The Morgan fingerprint density at radius 3 is 2.35 bits per heavy atom. The van der Waals surface area contributed by atoms with Gasteiger partial charge in [-0.15, -0.1) is 0 Å². The Balaban J connectivity index is 2.42. The summed E-state index contributed by atoms with van der Waals surface area (Å²) in [4.78, 5) is 11.6. The minimum absolute atomic E-state index is 0.000328. The quantitative estimate of drug-likeness (QED) is 0.612. The second-order valence-electron chi connectivity index (χ2n) is 4.53. The molecule has 1 rings (SSSR count). The maximum atomic E-state index is 11.6. The van der Waals surface area contributed by atoms with Gasteiger partial charge in [0.05, 0.1) is 5.56 Å². The topological polar surface area (TPSA) is 35.5 Å². The van der Waals surface area contributed by atoms with E-state index in [4.69, 9.17) is 21.7 Å². The van der Waals surface area contributed by atoms with Crippen molar-refractivity contribution < 1.29 is 14.3 Å². The zero-order chi connectivity index (χ0) is 12.9. The van der Waals surface area contributed by atoms with E-state index in [-0.39, 0.29) is 17.3 Å². The molecule has 92 valence electrons. The molecule has 0 saturated heterocycles. The number of carbonyl (C=O) groups is 1. The number of benzene rings is 1.